The van der Waals surface area contributed by atoms with E-state index in [1.165, 1.54) is 0 Å². The number of carbonyl (C=O) groups is 2. The lowest BCUT2D eigenvalue weighted by atomic mass is 9.96. The number of hydrogen-bond acceptors (Lipinski definition) is 7. The lowest BCUT2D eigenvalue weighted by Crippen LogP contribution is -2.34. The van der Waals surface area contributed by atoms with E-state index in [0.717, 1.165) is 11.1 Å². The summed E-state index contributed by atoms with van der Waals surface area (Å²) in [5.74, 6) is 0.485. The van der Waals surface area contributed by atoms with Crippen LogP contribution in [0.3, 0.4) is 0 Å². The van der Waals surface area contributed by atoms with Crippen LogP contribution in [0.1, 0.15) is 76.8 Å². The predicted molar refractivity (Wildman–Crippen MR) is 180 cm³/mol. The molecule has 4 aromatic rings. The Morgan fingerprint density at radius 3 is 2.30 bits per heavy atom. The number of benzene rings is 3. The van der Waals surface area contributed by atoms with Gasteiger partial charge in [0.2, 0.25) is 0 Å². The zero-order valence-electron chi connectivity index (χ0n) is 28.4. The molecule has 1 atom stereocenters. The number of nitrogens with one attached hydrogen (secondary N) is 2. The van der Waals surface area contributed by atoms with Gasteiger partial charge < -0.3 is 24.8 Å². The second-order valence-electron chi connectivity index (χ2n) is 13.5. The van der Waals surface area contributed by atoms with Gasteiger partial charge >= 0.3 is 12.1 Å². The number of hydrogen-bond donors (Lipinski definition) is 2. The highest BCUT2D eigenvalue weighted by molar-refractivity contribution is 5.74. The highest BCUT2D eigenvalue weighted by Gasteiger charge is 2.22. The Hall–Kier alpha value is -4.86. The van der Waals surface area contributed by atoms with E-state index in [4.69, 9.17) is 14.2 Å². The number of ether oxygens (including phenoxy) is 3. The minimum atomic E-state index is -0.678. The smallest absolute Gasteiger partial charge is 0.408 e. The number of aromatic nitrogens is 2. The zero-order valence-corrected chi connectivity index (χ0v) is 28.4. The summed E-state index contributed by atoms with van der Waals surface area (Å²) in [6.45, 7) is 13.1. The first-order chi connectivity index (χ1) is 22.1. The molecule has 0 saturated heterocycles. The van der Waals surface area contributed by atoms with E-state index in [-0.39, 0.29) is 19.0 Å². The number of anilines is 1. The van der Waals surface area contributed by atoms with E-state index in [1.54, 1.807) is 50.6 Å². The Morgan fingerprint density at radius 2 is 1.62 bits per heavy atom. The molecule has 0 spiro atoms. The normalized spacial score (nSPS) is 12.3. The minimum absolute atomic E-state index is 0.0697. The molecule has 0 saturated carbocycles. The van der Waals surface area contributed by atoms with Crippen molar-refractivity contribution in [1.82, 2.24) is 15.1 Å². The summed E-state index contributed by atoms with van der Waals surface area (Å²) in [5.41, 5.74) is 2.49. The van der Waals surface area contributed by atoms with E-state index >= 15 is 4.39 Å². The predicted octanol–water partition coefficient (Wildman–Crippen LogP) is 7.89. The van der Waals surface area contributed by atoms with Gasteiger partial charge in [-0.3, -0.25) is 9.48 Å². The summed E-state index contributed by atoms with van der Waals surface area (Å²) in [6.07, 6.45) is 1.30. The van der Waals surface area contributed by atoms with Gasteiger partial charge in [0.1, 0.15) is 35.2 Å². The third-order valence-electron chi connectivity index (χ3n) is 6.90. The lowest BCUT2D eigenvalue weighted by molar-refractivity contribution is -0.153. The first-order valence-electron chi connectivity index (χ1n) is 15.6. The molecule has 3 aromatic carbocycles. The molecule has 2 N–H and O–H groups in total. The van der Waals surface area contributed by atoms with E-state index in [1.807, 2.05) is 82.5 Å². The van der Waals surface area contributed by atoms with E-state index in [2.05, 4.69) is 15.7 Å². The van der Waals surface area contributed by atoms with Gasteiger partial charge in [-0.25, -0.2) is 9.18 Å². The molecule has 0 aliphatic rings. The van der Waals surface area contributed by atoms with E-state index in [0.29, 0.717) is 40.4 Å². The molecule has 4 rings (SSSR count). The second kappa shape index (κ2) is 14.7. The van der Waals surface area contributed by atoms with Crippen LogP contribution >= 0.6 is 0 Å². The molecule has 1 heterocycles. The molecule has 1 unspecified atom stereocenters. The maximum atomic E-state index is 16.2. The average molecular weight is 645 g/mol. The Morgan fingerprint density at radius 1 is 0.915 bits per heavy atom. The summed E-state index contributed by atoms with van der Waals surface area (Å²) < 4.78 is 35.0. The topological polar surface area (TPSA) is 104 Å². The van der Waals surface area contributed by atoms with Gasteiger partial charge in [-0.05, 0) is 83.4 Å². The number of alkyl carbamates (subject to hydrolysis) is 1. The molecule has 47 heavy (non-hydrogen) atoms. The van der Waals surface area contributed by atoms with Crippen LogP contribution in [0.25, 0.3) is 11.1 Å². The SMILES string of the molecule is CC(NC(=O)OC(C)(C)C)c1cccc(-c2cc(CNc3ccn(C)n3)cc(COc3ccccc3CC(=O)OC(C)(C)C)c2)c1F. The Labute approximate surface area is 276 Å². The first kappa shape index (κ1) is 35.0. The standard InChI is InChI=1S/C37H45FN4O5/c1-24(40-35(44)47-37(5,6)7)29-13-11-14-30(34(29)38)28-19-25(22-39-32-16-17-42(8)41-32)18-26(20-28)23-45-31-15-10-9-12-27(31)21-33(43)46-36(2,3)4/h9-20,24H,21-23H2,1-8H3,(H,39,41)(H,40,44). The molecule has 0 aliphatic heterocycles. The number of carbonyl (C=O) groups excluding carboxylic acids is 2. The van der Waals surface area contributed by atoms with Crippen molar-refractivity contribution in [3.63, 3.8) is 0 Å². The van der Waals surface area contributed by atoms with Crippen molar-refractivity contribution in [3.8, 4) is 16.9 Å². The molecule has 9 nitrogen and oxygen atoms in total. The number of rotatable bonds is 11. The highest BCUT2D eigenvalue weighted by Crippen LogP contribution is 2.31. The van der Waals surface area contributed by atoms with Crippen LogP contribution < -0.4 is 15.4 Å². The molecular weight excluding hydrogens is 599 g/mol. The Balaban J connectivity index is 1.62. The third-order valence-corrected chi connectivity index (χ3v) is 6.90. The fourth-order valence-corrected chi connectivity index (χ4v) is 4.96. The Kier molecular flexibility index (Phi) is 11.0. The van der Waals surface area contributed by atoms with E-state index < -0.39 is 29.2 Å². The summed E-state index contributed by atoms with van der Waals surface area (Å²) in [5, 5.41) is 10.4. The van der Waals surface area contributed by atoms with Crippen molar-refractivity contribution in [1.29, 1.82) is 0 Å². The summed E-state index contributed by atoms with van der Waals surface area (Å²) >= 11 is 0. The number of para-hydroxylation sites is 1. The molecule has 10 heteroatoms. The fraction of sp³-hybridized carbons (Fsp3) is 0.378. The summed E-state index contributed by atoms with van der Waals surface area (Å²) in [6, 6.07) is 19.5. The quantitative estimate of drug-likeness (QED) is 0.160. The maximum Gasteiger partial charge on any atom is 0.408 e. The van der Waals surface area contributed by atoms with Crippen molar-refractivity contribution < 1.29 is 28.2 Å². The second-order valence-corrected chi connectivity index (χ2v) is 13.5. The van der Waals surface area contributed by atoms with Gasteiger partial charge in [0, 0.05) is 42.5 Å². The summed E-state index contributed by atoms with van der Waals surface area (Å²) in [7, 11) is 1.84. The summed E-state index contributed by atoms with van der Waals surface area (Å²) in [4.78, 5) is 25.0. The maximum absolute atomic E-state index is 16.2. The number of nitrogens with zero attached hydrogens (tertiary/aromatic N) is 2. The van der Waals surface area contributed by atoms with Crippen LogP contribution in [0.15, 0.2) is 72.9 Å². The average Bonchev–Trinajstić information content (AvgIpc) is 3.38. The number of aryl methyl sites for hydroxylation is 1. The molecule has 1 amide bonds. The monoisotopic (exact) mass is 644 g/mol. The van der Waals surface area contributed by atoms with Gasteiger partial charge in [0.25, 0.3) is 0 Å². The van der Waals surface area contributed by atoms with Crippen molar-refractivity contribution >= 4 is 17.9 Å². The largest absolute Gasteiger partial charge is 0.489 e. The molecule has 0 bridgehead atoms. The van der Waals surface area contributed by atoms with Crippen LogP contribution in [-0.2, 0) is 40.9 Å². The van der Waals surface area contributed by atoms with Crippen molar-refractivity contribution in [2.45, 2.75) is 85.3 Å². The molecular formula is C37H45FN4O5. The van der Waals surface area contributed by atoms with Crippen molar-refractivity contribution in [3.05, 3.63) is 101 Å². The van der Waals surface area contributed by atoms with Gasteiger partial charge in [-0.15, -0.1) is 0 Å². The molecule has 0 fully saturated rings. The van der Waals surface area contributed by atoms with Gasteiger partial charge in [0.15, 0.2) is 0 Å². The minimum Gasteiger partial charge on any atom is -0.489 e. The highest BCUT2D eigenvalue weighted by atomic mass is 19.1. The molecule has 1 aromatic heterocycles. The van der Waals surface area contributed by atoms with Crippen LogP contribution in [0, 0.1) is 5.82 Å². The van der Waals surface area contributed by atoms with Gasteiger partial charge in [0.05, 0.1) is 12.5 Å². The number of halogens is 1. The van der Waals surface area contributed by atoms with Crippen molar-refractivity contribution in [2.24, 2.45) is 7.05 Å². The number of esters is 1. The van der Waals surface area contributed by atoms with Crippen LogP contribution in [0.5, 0.6) is 5.75 Å². The van der Waals surface area contributed by atoms with E-state index in [9.17, 15) is 9.59 Å². The van der Waals surface area contributed by atoms with Crippen LogP contribution in [0.2, 0.25) is 0 Å². The Bertz CT molecular complexity index is 1700. The van der Waals surface area contributed by atoms with Crippen LogP contribution in [-0.4, -0.2) is 33.0 Å². The lowest BCUT2D eigenvalue weighted by Gasteiger charge is -2.22. The zero-order chi connectivity index (χ0) is 34.4. The third kappa shape index (κ3) is 10.6. The fourth-order valence-electron chi connectivity index (χ4n) is 4.96. The van der Waals surface area contributed by atoms with Crippen LogP contribution in [0.4, 0.5) is 15.0 Å². The molecule has 0 radical (unpaired) electrons. The molecule has 0 aliphatic carbocycles. The van der Waals surface area contributed by atoms with Crippen molar-refractivity contribution in [2.75, 3.05) is 5.32 Å². The van der Waals surface area contributed by atoms with Gasteiger partial charge in [-0.2, -0.15) is 5.10 Å². The van der Waals surface area contributed by atoms with Gasteiger partial charge in [-0.1, -0.05) is 42.5 Å². The molecule has 250 valence electrons. The first-order valence-corrected chi connectivity index (χ1v) is 15.6. The number of amides is 1.